The van der Waals surface area contributed by atoms with Crippen molar-refractivity contribution in [3.05, 3.63) is 11.9 Å². The predicted molar refractivity (Wildman–Crippen MR) is 72.2 cm³/mol. The zero-order chi connectivity index (χ0) is 13.0. The van der Waals surface area contributed by atoms with Gasteiger partial charge >= 0.3 is 0 Å². The number of piperidine rings is 1. The Bertz CT molecular complexity index is 371. The molecule has 1 aliphatic heterocycles. The highest BCUT2D eigenvalue weighted by molar-refractivity contribution is 4.91. The van der Waals surface area contributed by atoms with E-state index < -0.39 is 0 Å². The maximum atomic E-state index is 4.16. The van der Waals surface area contributed by atoms with E-state index in [1.807, 2.05) is 17.9 Å². The van der Waals surface area contributed by atoms with Crippen molar-refractivity contribution in [3.63, 3.8) is 0 Å². The van der Waals surface area contributed by atoms with E-state index in [4.69, 9.17) is 0 Å². The Morgan fingerprint density at radius 1 is 1.39 bits per heavy atom. The van der Waals surface area contributed by atoms with E-state index in [0.29, 0.717) is 5.41 Å². The number of hydrogen-bond acceptors (Lipinski definition) is 4. The Morgan fingerprint density at radius 3 is 2.94 bits per heavy atom. The third-order valence-corrected chi connectivity index (χ3v) is 3.57. The fourth-order valence-corrected chi connectivity index (χ4v) is 2.69. The van der Waals surface area contributed by atoms with Gasteiger partial charge in [0.1, 0.15) is 0 Å². The zero-order valence-corrected chi connectivity index (χ0v) is 11.8. The van der Waals surface area contributed by atoms with E-state index in [1.54, 1.807) is 0 Å². The number of hydrogen-bond donors (Lipinski definition) is 1. The SMILES string of the molecule is CNCc1cn(CCN2CCCC(C)(C)C2)nn1. The maximum Gasteiger partial charge on any atom is 0.0964 e. The monoisotopic (exact) mass is 251 g/mol. The summed E-state index contributed by atoms with van der Waals surface area (Å²) >= 11 is 0. The minimum absolute atomic E-state index is 0.470. The molecule has 0 bridgehead atoms. The van der Waals surface area contributed by atoms with Crippen molar-refractivity contribution in [1.82, 2.24) is 25.2 Å². The first-order valence-electron chi connectivity index (χ1n) is 6.85. The lowest BCUT2D eigenvalue weighted by atomic mass is 9.84. The summed E-state index contributed by atoms with van der Waals surface area (Å²) in [5.41, 5.74) is 1.48. The van der Waals surface area contributed by atoms with Crippen molar-refractivity contribution in [2.75, 3.05) is 26.7 Å². The lowest BCUT2D eigenvalue weighted by Gasteiger charge is -2.37. The molecule has 1 aliphatic rings. The fraction of sp³-hybridized carbons (Fsp3) is 0.846. The highest BCUT2D eigenvalue weighted by Crippen LogP contribution is 2.28. The standard InChI is InChI=1S/C13H25N5/c1-13(2)5-4-6-17(11-13)7-8-18-10-12(9-14-3)15-16-18/h10,14H,4-9,11H2,1-3H3. The zero-order valence-electron chi connectivity index (χ0n) is 11.8. The molecule has 0 amide bonds. The summed E-state index contributed by atoms with van der Waals surface area (Å²) in [6, 6.07) is 0. The van der Waals surface area contributed by atoms with Gasteiger partial charge in [-0.2, -0.15) is 0 Å². The summed E-state index contributed by atoms with van der Waals surface area (Å²) in [5.74, 6) is 0. The van der Waals surface area contributed by atoms with Gasteiger partial charge in [-0.25, -0.2) is 0 Å². The summed E-state index contributed by atoms with van der Waals surface area (Å²) in [6.07, 6.45) is 4.69. The summed E-state index contributed by atoms with van der Waals surface area (Å²) in [4.78, 5) is 2.54. The van der Waals surface area contributed by atoms with Gasteiger partial charge in [-0.3, -0.25) is 4.68 Å². The molecular weight excluding hydrogens is 226 g/mol. The number of likely N-dealkylation sites (tertiary alicyclic amines) is 1. The van der Waals surface area contributed by atoms with E-state index in [-0.39, 0.29) is 0 Å². The van der Waals surface area contributed by atoms with E-state index in [9.17, 15) is 0 Å². The normalized spacial score (nSPS) is 20.2. The van der Waals surface area contributed by atoms with Crippen LogP contribution in [0.15, 0.2) is 6.20 Å². The molecule has 0 spiro atoms. The first kappa shape index (κ1) is 13.5. The molecule has 1 fully saturated rings. The molecular formula is C13H25N5. The van der Waals surface area contributed by atoms with Gasteiger partial charge in [-0.15, -0.1) is 5.10 Å². The molecule has 1 N–H and O–H groups in total. The van der Waals surface area contributed by atoms with Crippen LogP contribution in [0.4, 0.5) is 0 Å². The van der Waals surface area contributed by atoms with E-state index in [0.717, 1.165) is 25.3 Å². The molecule has 2 heterocycles. The second-order valence-electron chi connectivity index (χ2n) is 6.05. The van der Waals surface area contributed by atoms with Crippen LogP contribution in [0.3, 0.4) is 0 Å². The average molecular weight is 251 g/mol. The first-order chi connectivity index (χ1) is 8.59. The molecule has 102 valence electrons. The number of aromatic nitrogens is 3. The van der Waals surface area contributed by atoms with Crippen LogP contribution in [0.2, 0.25) is 0 Å². The Hall–Kier alpha value is -0.940. The van der Waals surface area contributed by atoms with Crippen LogP contribution in [-0.2, 0) is 13.1 Å². The molecule has 1 saturated heterocycles. The van der Waals surface area contributed by atoms with Crippen LogP contribution in [0.5, 0.6) is 0 Å². The lowest BCUT2D eigenvalue weighted by Crippen LogP contribution is -2.41. The second kappa shape index (κ2) is 5.80. The molecule has 0 atom stereocenters. The third-order valence-electron chi connectivity index (χ3n) is 3.57. The van der Waals surface area contributed by atoms with Gasteiger partial charge in [0.2, 0.25) is 0 Å². The van der Waals surface area contributed by atoms with Crippen LogP contribution in [0.1, 0.15) is 32.4 Å². The topological polar surface area (TPSA) is 46.0 Å². The molecule has 5 heteroatoms. The number of rotatable bonds is 5. The van der Waals surface area contributed by atoms with Crippen molar-refractivity contribution in [3.8, 4) is 0 Å². The Balaban J connectivity index is 1.79. The van der Waals surface area contributed by atoms with Gasteiger partial charge in [0.15, 0.2) is 0 Å². The lowest BCUT2D eigenvalue weighted by molar-refractivity contribution is 0.113. The molecule has 5 nitrogen and oxygen atoms in total. The van der Waals surface area contributed by atoms with Crippen molar-refractivity contribution in [2.45, 2.75) is 39.8 Å². The molecule has 0 radical (unpaired) electrons. The van der Waals surface area contributed by atoms with Crippen molar-refractivity contribution in [2.24, 2.45) is 5.41 Å². The van der Waals surface area contributed by atoms with Crippen LogP contribution in [-0.4, -0.2) is 46.6 Å². The van der Waals surface area contributed by atoms with E-state index in [2.05, 4.69) is 34.4 Å². The molecule has 0 aliphatic carbocycles. The molecule has 0 aromatic carbocycles. The quantitative estimate of drug-likeness (QED) is 0.852. The number of nitrogens with one attached hydrogen (secondary N) is 1. The summed E-state index contributed by atoms with van der Waals surface area (Å²) in [7, 11) is 1.93. The summed E-state index contributed by atoms with van der Waals surface area (Å²) in [5, 5.41) is 11.4. The molecule has 2 rings (SSSR count). The van der Waals surface area contributed by atoms with Crippen LogP contribution in [0.25, 0.3) is 0 Å². The molecule has 18 heavy (non-hydrogen) atoms. The van der Waals surface area contributed by atoms with Gasteiger partial charge < -0.3 is 10.2 Å². The highest BCUT2D eigenvalue weighted by atomic mass is 15.4. The van der Waals surface area contributed by atoms with Crippen molar-refractivity contribution in [1.29, 1.82) is 0 Å². The number of nitrogens with zero attached hydrogens (tertiary/aromatic N) is 4. The Kier molecular flexibility index (Phi) is 4.35. The van der Waals surface area contributed by atoms with E-state index >= 15 is 0 Å². The molecule has 1 aromatic heterocycles. The average Bonchev–Trinajstić information content (AvgIpc) is 2.74. The summed E-state index contributed by atoms with van der Waals surface area (Å²) < 4.78 is 1.95. The highest BCUT2D eigenvalue weighted by Gasteiger charge is 2.25. The van der Waals surface area contributed by atoms with Crippen LogP contribution < -0.4 is 5.32 Å². The predicted octanol–water partition coefficient (Wildman–Crippen LogP) is 1.12. The molecule has 0 unspecified atom stereocenters. The van der Waals surface area contributed by atoms with Gasteiger partial charge in [0.25, 0.3) is 0 Å². The second-order valence-corrected chi connectivity index (χ2v) is 6.05. The smallest absolute Gasteiger partial charge is 0.0964 e. The maximum absolute atomic E-state index is 4.16. The van der Waals surface area contributed by atoms with Gasteiger partial charge in [-0.1, -0.05) is 19.1 Å². The van der Waals surface area contributed by atoms with Crippen molar-refractivity contribution < 1.29 is 0 Å². The van der Waals surface area contributed by atoms with Gasteiger partial charge in [0, 0.05) is 25.8 Å². The first-order valence-corrected chi connectivity index (χ1v) is 6.85. The minimum Gasteiger partial charge on any atom is -0.314 e. The molecule has 0 saturated carbocycles. The fourth-order valence-electron chi connectivity index (χ4n) is 2.69. The van der Waals surface area contributed by atoms with Gasteiger partial charge in [0.05, 0.1) is 12.2 Å². The van der Waals surface area contributed by atoms with Crippen molar-refractivity contribution >= 4 is 0 Å². The minimum atomic E-state index is 0.470. The summed E-state index contributed by atoms with van der Waals surface area (Å²) in [6.45, 7) is 9.95. The molecule has 1 aromatic rings. The Labute approximate surface area is 110 Å². The van der Waals surface area contributed by atoms with Gasteiger partial charge in [-0.05, 0) is 31.8 Å². The third kappa shape index (κ3) is 3.78. The van der Waals surface area contributed by atoms with E-state index in [1.165, 1.54) is 25.9 Å². The largest absolute Gasteiger partial charge is 0.314 e. The van der Waals surface area contributed by atoms with Crippen LogP contribution >= 0.6 is 0 Å². The Morgan fingerprint density at radius 2 is 2.22 bits per heavy atom. The van der Waals surface area contributed by atoms with Crippen LogP contribution in [0, 0.1) is 5.41 Å².